The van der Waals surface area contributed by atoms with E-state index in [4.69, 9.17) is 8.83 Å². The molecule has 0 spiro atoms. The molecule has 0 bridgehead atoms. The minimum atomic E-state index is -3.52. The van der Waals surface area contributed by atoms with E-state index in [1.807, 2.05) is 24.4 Å². The fourth-order valence-corrected chi connectivity index (χ4v) is 6.42. The van der Waals surface area contributed by atoms with E-state index in [-0.39, 0.29) is 10.1 Å². The normalized spacial score (nSPS) is 16.7. The molecule has 0 N–H and O–H groups in total. The minimum Gasteiger partial charge on any atom is -0.431 e. The lowest BCUT2D eigenvalue weighted by molar-refractivity contribution is 0.346. The third kappa shape index (κ3) is 4.14. The van der Waals surface area contributed by atoms with Crippen LogP contribution >= 0.6 is 23.1 Å². The molecular formula is C20H20N4O4S3. The van der Waals surface area contributed by atoms with Gasteiger partial charge in [-0.15, -0.1) is 21.5 Å². The van der Waals surface area contributed by atoms with Gasteiger partial charge in [-0.25, -0.2) is 13.4 Å². The van der Waals surface area contributed by atoms with E-state index in [1.165, 1.54) is 23.1 Å². The Labute approximate surface area is 187 Å². The molecular weight excluding hydrogens is 456 g/mol. The van der Waals surface area contributed by atoms with E-state index < -0.39 is 10.0 Å². The Morgan fingerprint density at radius 3 is 2.74 bits per heavy atom. The van der Waals surface area contributed by atoms with Crippen LogP contribution in [0.4, 0.5) is 0 Å². The van der Waals surface area contributed by atoms with E-state index in [1.54, 1.807) is 22.5 Å². The highest BCUT2D eigenvalue weighted by molar-refractivity contribution is 7.99. The van der Waals surface area contributed by atoms with Crippen molar-refractivity contribution in [2.45, 2.75) is 41.6 Å². The molecule has 3 aromatic heterocycles. The first-order valence-electron chi connectivity index (χ1n) is 9.95. The molecule has 11 heteroatoms. The molecule has 5 rings (SSSR count). The fraction of sp³-hybridized carbons (Fsp3) is 0.350. The van der Waals surface area contributed by atoms with Crippen molar-refractivity contribution in [1.82, 2.24) is 19.5 Å². The van der Waals surface area contributed by atoms with E-state index >= 15 is 0 Å². The molecule has 1 unspecified atom stereocenters. The van der Waals surface area contributed by atoms with Crippen LogP contribution in [0, 0.1) is 0 Å². The number of sulfonamides is 1. The number of fused-ring (bicyclic) bond motifs is 1. The van der Waals surface area contributed by atoms with Crippen molar-refractivity contribution >= 4 is 44.2 Å². The summed E-state index contributed by atoms with van der Waals surface area (Å²) in [5.41, 5.74) is 1.05. The average Bonchev–Trinajstić information content (AvgIpc) is 3.53. The number of thiophene rings is 1. The average molecular weight is 477 g/mol. The van der Waals surface area contributed by atoms with Gasteiger partial charge in [0.15, 0.2) is 5.58 Å². The predicted octanol–water partition coefficient (Wildman–Crippen LogP) is 4.97. The highest BCUT2D eigenvalue weighted by atomic mass is 32.2. The first kappa shape index (κ1) is 20.7. The number of rotatable bonds is 6. The quantitative estimate of drug-likeness (QED) is 0.360. The topological polar surface area (TPSA) is 102 Å². The molecule has 0 amide bonds. The van der Waals surface area contributed by atoms with Crippen molar-refractivity contribution in [3.63, 3.8) is 0 Å². The van der Waals surface area contributed by atoms with Crippen LogP contribution < -0.4 is 0 Å². The number of nitrogens with zero attached hydrogens (tertiary/aromatic N) is 4. The second-order valence-corrected chi connectivity index (χ2v) is 11.4. The van der Waals surface area contributed by atoms with Crippen molar-refractivity contribution in [3.8, 4) is 10.8 Å². The van der Waals surface area contributed by atoms with E-state index in [2.05, 4.69) is 15.2 Å². The van der Waals surface area contributed by atoms with Crippen LogP contribution in [0.3, 0.4) is 0 Å². The Bertz CT molecular complexity index is 1290. The van der Waals surface area contributed by atoms with Gasteiger partial charge in [-0.3, -0.25) is 0 Å². The zero-order chi connectivity index (χ0) is 21.4. The van der Waals surface area contributed by atoms with Crippen molar-refractivity contribution in [2.75, 3.05) is 13.1 Å². The SMILES string of the molecule is CC(Sc1nc2cc(S(=O)(=O)N3CCCCC3)ccc2o1)c1nnc(-c2cccs2)o1. The maximum Gasteiger partial charge on any atom is 0.257 e. The highest BCUT2D eigenvalue weighted by Gasteiger charge is 2.27. The molecule has 1 aromatic carbocycles. The maximum absolute atomic E-state index is 12.9. The minimum absolute atomic E-state index is 0.175. The lowest BCUT2D eigenvalue weighted by Crippen LogP contribution is -2.35. The van der Waals surface area contributed by atoms with Crippen LogP contribution in [0.2, 0.25) is 0 Å². The summed E-state index contributed by atoms with van der Waals surface area (Å²) in [6.45, 7) is 3.06. The summed E-state index contributed by atoms with van der Waals surface area (Å²) >= 11 is 2.88. The second kappa shape index (κ2) is 8.38. The number of thioether (sulfide) groups is 1. The lowest BCUT2D eigenvalue weighted by atomic mass is 10.2. The zero-order valence-electron chi connectivity index (χ0n) is 16.7. The molecule has 1 aliphatic heterocycles. The third-order valence-corrected chi connectivity index (χ3v) is 8.77. The Kier molecular flexibility index (Phi) is 5.59. The summed E-state index contributed by atoms with van der Waals surface area (Å²) in [6.07, 6.45) is 2.87. The van der Waals surface area contributed by atoms with E-state index in [0.717, 1.165) is 24.1 Å². The van der Waals surface area contributed by atoms with Gasteiger partial charge in [-0.1, -0.05) is 24.2 Å². The van der Waals surface area contributed by atoms with Crippen molar-refractivity contribution < 1.29 is 17.3 Å². The summed E-state index contributed by atoms with van der Waals surface area (Å²) in [7, 11) is -3.52. The van der Waals surface area contributed by atoms with Gasteiger partial charge >= 0.3 is 0 Å². The smallest absolute Gasteiger partial charge is 0.257 e. The van der Waals surface area contributed by atoms with Crippen molar-refractivity contribution in [2.24, 2.45) is 0 Å². The predicted molar refractivity (Wildman–Crippen MR) is 119 cm³/mol. The summed E-state index contributed by atoms with van der Waals surface area (Å²) < 4.78 is 39.0. The van der Waals surface area contributed by atoms with Gasteiger partial charge in [0.1, 0.15) is 5.52 Å². The highest BCUT2D eigenvalue weighted by Crippen LogP contribution is 2.37. The maximum atomic E-state index is 12.9. The Hall–Kier alpha value is -2.21. The molecule has 0 saturated carbocycles. The van der Waals surface area contributed by atoms with Gasteiger partial charge in [0.05, 0.1) is 15.0 Å². The molecule has 1 aliphatic rings. The van der Waals surface area contributed by atoms with Crippen LogP contribution in [0.1, 0.15) is 37.3 Å². The van der Waals surface area contributed by atoms with Crippen molar-refractivity contribution in [3.05, 3.63) is 41.6 Å². The van der Waals surface area contributed by atoms with Gasteiger partial charge in [-0.2, -0.15) is 4.31 Å². The van der Waals surface area contributed by atoms with Crippen LogP contribution in [-0.4, -0.2) is 41.0 Å². The summed E-state index contributed by atoms with van der Waals surface area (Å²) in [6, 6.07) is 8.69. The number of benzene rings is 1. The number of piperidine rings is 1. The molecule has 4 aromatic rings. The summed E-state index contributed by atoms with van der Waals surface area (Å²) in [5, 5.41) is 10.4. The first-order valence-corrected chi connectivity index (χ1v) is 13.2. The molecule has 8 nitrogen and oxygen atoms in total. The fourth-order valence-electron chi connectivity index (χ4n) is 3.45. The van der Waals surface area contributed by atoms with E-state index in [0.29, 0.717) is 41.2 Å². The monoisotopic (exact) mass is 476 g/mol. The standard InChI is InChI=1S/C20H20N4O4S3/c1-13(18-22-23-19(28-18)17-6-5-11-29-17)30-20-21-15-12-14(7-8-16(15)27-20)31(25,26)24-9-3-2-4-10-24/h5-8,11-13H,2-4,9-10H2,1H3. The summed E-state index contributed by atoms with van der Waals surface area (Å²) in [5.74, 6) is 0.964. The first-order chi connectivity index (χ1) is 15.0. The number of oxazole rings is 1. The number of hydrogen-bond donors (Lipinski definition) is 0. The molecule has 31 heavy (non-hydrogen) atoms. The van der Waals surface area contributed by atoms with Gasteiger partial charge in [-0.05, 0) is 49.4 Å². The van der Waals surface area contributed by atoms with Gasteiger partial charge in [0.25, 0.3) is 11.1 Å². The molecule has 0 aliphatic carbocycles. The Morgan fingerprint density at radius 1 is 1.13 bits per heavy atom. The molecule has 1 saturated heterocycles. The van der Waals surface area contributed by atoms with Crippen LogP contribution in [-0.2, 0) is 10.0 Å². The number of hydrogen-bond acceptors (Lipinski definition) is 9. The Balaban J connectivity index is 1.35. The van der Waals surface area contributed by atoms with E-state index in [9.17, 15) is 8.42 Å². The third-order valence-electron chi connectivity index (χ3n) is 5.09. The zero-order valence-corrected chi connectivity index (χ0v) is 19.2. The molecule has 1 fully saturated rings. The van der Waals surface area contributed by atoms with Crippen LogP contribution in [0.5, 0.6) is 0 Å². The molecule has 162 valence electrons. The molecule has 1 atom stereocenters. The van der Waals surface area contributed by atoms with Gasteiger partial charge in [0, 0.05) is 13.1 Å². The Morgan fingerprint density at radius 2 is 1.97 bits per heavy atom. The van der Waals surface area contributed by atoms with Gasteiger partial charge < -0.3 is 8.83 Å². The van der Waals surface area contributed by atoms with Crippen LogP contribution in [0.15, 0.2) is 54.7 Å². The van der Waals surface area contributed by atoms with Crippen molar-refractivity contribution in [1.29, 1.82) is 0 Å². The largest absolute Gasteiger partial charge is 0.431 e. The van der Waals surface area contributed by atoms with Gasteiger partial charge in [0.2, 0.25) is 15.9 Å². The second-order valence-electron chi connectivity index (χ2n) is 7.26. The van der Waals surface area contributed by atoms with Crippen LogP contribution in [0.25, 0.3) is 21.9 Å². The summed E-state index contributed by atoms with van der Waals surface area (Å²) in [4.78, 5) is 5.64. The number of aromatic nitrogens is 3. The molecule has 4 heterocycles. The molecule has 0 radical (unpaired) electrons. The lowest BCUT2D eigenvalue weighted by Gasteiger charge is -2.25.